The van der Waals surface area contributed by atoms with Crippen LogP contribution in [0, 0.1) is 0 Å². The lowest BCUT2D eigenvalue weighted by Crippen LogP contribution is -2.58. The van der Waals surface area contributed by atoms with Crippen molar-refractivity contribution in [2.75, 3.05) is 13.1 Å². The van der Waals surface area contributed by atoms with Gasteiger partial charge in [-0.05, 0) is 46.6 Å². The van der Waals surface area contributed by atoms with Crippen LogP contribution in [-0.2, 0) is 0 Å². The van der Waals surface area contributed by atoms with Gasteiger partial charge in [0.25, 0.3) is 0 Å². The first-order valence-electron chi connectivity index (χ1n) is 5.41. The Hall–Kier alpha value is -0.0800. The van der Waals surface area contributed by atoms with Gasteiger partial charge >= 0.3 is 0 Å². The average Bonchev–Trinajstić information content (AvgIpc) is 2.03. The highest BCUT2D eigenvalue weighted by atomic mass is 15.2. The van der Waals surface area contributed by atoms with Crippen molar-refractivity contribution in [3.8, 4) is 0 Å². The smallest absolute Gasteiger partial charge is 0.0255 e. The Morgan fingerprint density at radius 1 is 1.46 bits per heavy atom. The van der Waals surface area contributed by atoms with Gasteiger partial charge in [0.2, 0.25) is 0 Å². The van der Waals surface area contributed by atoms with Crippen LogP contribution < -0.4 is 5.73 Å². The molecule has 1 rings (SSSR count). The molecule has 1 aliphatic heterocycles. The summed E-state index contributed by atoms with van der Waals surface area (Å²) in [5, 5.41) is 0. The molecular weight excluding hydrogens is 160 g/mol. The van der Waals surface area contributed by atoms with Crippen LogP contribution in [-0.4, -0.2) is 29.1 Å². The summed E-state index contributed by atoms with van der Waals surface area (Å²) in [4.78, 5) is 2.54. The maximum absolute atomic E-state index is 6.18. The van der Waals surface area contributed by atoms with Gasteiger partial charge in [0.05, 0.1) is 0 Å². The van der Waals surface area contributed by atoms with Crippen LogP contribution >= 0.6 is 0 Å². The minimum absolute atomic E-state index is 0.0324. The van der Waals surface area contributed by atoms with E-state index in [1.165, 1.54) is 25.8 Å². The summed E-state index contributed by atoms with van der Waals surface area (Å²) in [5.41, 5.74) is 6.53. The molecule has 0 aromatic rings. The Labute approximate surface area is 82.5 Å². The average molecular weight is 184 g/mol. The first-order valence-corrected chi connectivity index (χ1v) is 5.41. The van der Waals surface area contributed by atoms with Gasteiger partial charge in [-0.25, -0.2) is 0 Å². The van der Waals surface area contributed by atoms with Crippen molar-refractivity contribution in [3.63, 3.8) is 0 Å². The Bertz CT molecular complexity index is 173. The number of nitrogens with zero attached hydrogens (tertiary/aromatic N) is 1. The molecule has 2 nitrogen and oxygen atoms in total. The van der Waals surface area contributed by atoms with E-state index in [1.807, 2.05) is 0 Å². The highest BCUT2D eigenvalue weighted by molar-refractivity contribution is 4.92. The SMILES string of the molecule is CCC(C)(C)N1CCCC(C)(N)C1. The highest BCUT2D eigenvalue weighted by Crippen LogP contribution is 2.26. The van der Waals surface area contributed by atoms with E-state index in [4.69, 9.17) is 5.73 Å². The lowest BCUT2D eigenvalue weighted by molar-refractivity contribution is 0.0571. The zero-order valence-electron chi connectivity index (χ0n) is 9.56. The molecule has 0 amide bonds. The number of rotatable bonds is 2. The molecule has 78 valence electrons. The Morgan fingerprint density at radius 3 is 2.54 bits per heavy atom. The molecule has 13 heavy (non-hydrogen) atoms. The van der Waals surface area contributed by atoms with Crippen LogP contribution in [0.5, 0.6) is 0 Å². The molecule has 0 spiro atoms. The summed E-state index contributed by atoms with van der Waals surface area (Å²) < 4.78 is 0. The summed E-state index contributed by atoms with van der Waals surface area (Å²) in [5.74, 6) is 0. The second kappa shape index (κ2) is 3.58. The molecule has 1 aliphatic rings. The first-order chi connectivity index (χ1) is 5.87. The zero-order valence-corrected chi connectivity index (χ0v) is 9.56. The Morgan fingerprint density at radius 2 is 2.08 bits per heavy atom. The monoisotopic (exact) mass is 184 g/mol. The van der Waals surface area contributed by atoms with Gasteiger partial charge in [-0.2, -0.15) is 0 Å². The molecular formula is C11H24N2. The molecule has 2 heteroatoms. The molecule has 1 saturated heterocycles. The van der Waals surface area contributed by atoms with Crippen molar-refractivity contribution in [2.45, 2.75) is 58.0 Å². The van der Waals surface area contributed by atoms with E-state index in [2.05, 4.69) is 32.6 Å². The van der Waals surface area contributed by atoms with E-state index < -0.39 is 0 Å². The molecule has 1 atom stereocenters. The van der Waals surface area contributed by atoms with Gasteiger partial charge in [0.15, 0.2) is 0 Å². The van der Waals surface area contributed by atoms with Gasteiger partial charge in [0.1, 0.15) is 0 Å². The number of hydrogen-bond donors (Lipinski definition) is 1. The van der Waals surface area contributed by atoms with Crippen molar-refractivity contribution in [3.05, 3.63) is 0 Å². The number of hydrogen-bond acceptors (Lipinski definition) is 2. The fourth-order valence-electron chi connectivity index (χ4n) is 2.01. The minimum Gasteiger partial charge on any atom is -0.324 e. The van der Waals surface area contributed by atoms with Crippen molar-refractivity contribution < 1.29 is 0 Å². The third-order valence-corrected chi connectivity index (χ3v) is 3.45. The quantitative estimate of drug-likeness (QED) is 0.711. The standard InChI is InChI=1S/C11H24N2/c1-5-10(2,3)13-8-6-7-11(4,12)9-13/h5-9,12H2,1-4H3. The third-order valence-electron chi connectivity index (χ3n) is 3.45. The van der Waals surface area contributed by atoms with Crippen LogP contribution in [0.1, 0.15) is 47.0 Å². The van der Waals surface area contributed by atoms with Gasteiger partial charge in [-0.1, -0.05) is 6.92 Å². The van der Waals surface area contributed by atoms with Gasteiger partial charge in [0, 0.05) is 17.6 Å². The van der Waals surface area contributed by atoms with Crippen LogP contribution in [0.15, 0.2) is 0 Å². The minimum atomic E-state index is 0.0324. The van der Waals surface area contributed by atoms with E-state index in [-0.39, 0.29) is 5.54 Å². The van der Waals surface area contributed by atoms with E-state index in [0.29, 0.717) is 5.54 Å². The molecule has 0 aromatic heterocycles. The van der Waals surface area contributed by atoms with Crippen LogP contribution in [0.2, 0.25) is 0 Å². The number of likely N-dealkylation sites (tertiary alicyclic amines) is 1. The Balaban J connectivity index is 2.61. The lowest BCUT2D eigenvalue weighted by Gasteiger charge is -2.46. The third kappa shape index (κ3) is 2.68. The molecule has 0 radical (unpaired) electrons. The summed E-state index contributed by atoms with van der Waals surface area (Å²) in [6.07, 6.45) is 3.61. The van der Waals surface area contributed by atoms with Crippen LogP contribution in [0.4, 0.5) is 0 Å². The fraction of sp³-hybridized carbons (Fsp3) is 1.00. The van der Waals surface area contributed by atoms with Crippen molar-refractivity contribution >= 4 is 0 Å². The molecule has 1 heterocycles. The highest BCUT2D eigenvalue weighted by Gasteiger charge is 2.33. The number of piperidine rings is 1. The zero-order chi connectivity index (χ0) is 10.1. The molecule has 1 fully saturated rings. The topological polar surface area (TPSA) is 29.3 Å². The molecule has 0 saturated carbocycles. The Kier molecular flexibility index (Phi) is 3.03. The molecule has 2 N–H and O–H groups in total. The number of nitrogens with two attached hydrogens (primary N) is 1. The second-order valence-corrected chi connectivity index (χ2v) is 5.35. The summed E-state index contributed by atoms with van der Waals surface area (Å²) >= 11 is 0. The van der Waals surface area contributed by atoms with E-state index >= 15 is 0 Å². The summed E-state index contributed by atoms with van der Waals surface area (Å²) in [6, 6.07) is 0. The first kappa shape index (κ1) is 11.0. The van der Waals surface area contributed by atoms with E-state index in [9.17, 15) is 0 Å². The normalized spacial score (nSPS) is 32.1. The van der Waals surface area contributed by atoms with Gasteiger partial charge in [-0.3, -0.25) is 4.90 Å². The predicted octanol–water partition coefficient (Wildman–Crippen LogP) is 1.99. The van der Waals surface area contributed by atoms with Crippen molar-refractivity contribution in [1.82, 2.24) is 4.90 Å². The second-order valence-electron chi connectivity index (χ2n) is 5.35. The van der Waals surface area contributed by atoms with Gasteiger partial charge in [-0.15, -0.1) is 0 Å². The molecule has 1 unspecified atom stereocenters. The predicted molar refractivity (Wildman–Crippen MR) is 57.8 cm³/mol. The van der Waals surface area contributed by atoms with Gasteiger partial charge < -0.3 is 5.73 Å². The molecule has 0 aliphatic carbocycles. The molecule has 0 bridgehead atoms. The van der Waals surface area contributed by atoms with Crippen LogP contribution in [0.3, 0.4) is 0 Å². The summed E-state index contributed by atoms with van der Waals surface area (Å²) in [6.45, 7) is 11.3. The largest absolute Gasteiger partial charge is 0.324 e. The van der Waals surface area contributed by atoms with Crippen LogP contribution in [0.25, 0.3) is 0 Å². The molecule has 0 aromatic carbocycles. The summed E-state index contributed by atoms with van der Waals surface area (Å²) in [7, 11) is 0. The fourth-order valence-corrected chi connectivity index (χ4v) is 2.01. The lowest BCUT2D eigenvalue weighted by atomic mass is 9.87. The van der Waals surface area contributed by atoms with E-state index in [0.717, 1.165) is 6.54 Å². The maximum atomic E-state index is 6.18. The maximum Gasteiger partial charge on any atom is 0.0255 e. The van der Waals surface area contributed by atoms with E-state index in [1.54, 1.807) is 0 Å². The van der Waals surface area contributed by atoms with Crippen molar-refractivity contribution in [1.29, 1.82) is 0 Å². The van der Waals surface area contributed by atoms with Crippen molar-refractivity contribution in [2.24, 2.45) is 5.73 Å².